The van der Waals surface area contributed by atoms with Crippen LogP contribution in [0.25, 0.3) is 0 Å². The summed E-state index contributed by atoms with van der Waals surface area (Å²) in [4.78, 5) is 17.7. The third-order valence-electron chi connectivity index (χ3n) is 2.17. The summed E-state index contributed by atoms with van der Waals surface area (Å²) in [7, 11) is 0. The summed E-state index contributed by atoms with van der Waals surface area (Å²) in [6.07, 6.45) is 2.46. The number of pyridine rings is 1. The Balaban J connectivity index is 0.00000225. The Kier molecular flexibility index (Phi) is 6.49. The highest BCUT2D eigenvalue weighted by molar-refractivity contribution is 5.92. The Morgan fingerprint density at radius 2 is 2.12 bits per heavy atom. The number of nitrogens with zero attached hydrogens (tertiary/aromatic N) is 2. The van der Waals surface area contributed by atoms with Crippen molar-refractivity contribution in [2.75, 3.05) is 18.8 Å². The highest BCUT2D eigenvalue weighted by atomic mass is 35.5. The summed E-state index contributed by atoms with van der Waals surface area (Å²) in [5.41, 5.74) is 6.54. The van der Waals surface area contributed by atoms with E-state index in [9.17, 15) is 4.79 Å². The molecule has 0 bridgehead atoms. The molecule has 16 heavy (non-hydrogen) atoms. The number of rotatable bonds is 4. The van der Waals surface area contributed by atoms with Crippen LogP contribution in [0.5, 0.6) is 0 Å². The predicted octanol–water partition coefficient (Wildman–Crippen LogP) is 1.96. The lowest BCUT2D eigenvalue weighted by molar-refractivity contribution is 0.0758. The van der Waals surface area contributed by atoms with Crippen molar-refractivity contribution < 1.29 is 4.79 Å². The average Bonchev–Trinajstić information content (AvgIpc) is 2.26. The van der Waals surface area contributed by atoms with Crippen LogP contribution in [0.15, 0.2) is 18.3 Å². The van der Waals surface area contributed by atoms with Gasteiger partial charge in [0.15, 0.2) is 0 Å². The van der Waals surface area contributed by atoms with E-state index in [0.717, 1.165) is 13.0 Å². The average molecular weight is 244 g/mol. The molecule has 0 aromatic carbocycles. The van der Waals surface area contributed by atoms with Gasteiger partial charge in [0.05, 0.1) is 11.9 Å². The van der Waals surface area contributed by atoms with Crippen molar-refractivity contribution in [3.05, 3.63) is 24.0 Å². The molecule has 1 heterocycles. The van der Waals surface area contributed by atoms with Crippen LogP contribution in [-0.4, -0.2) is 28.9 Å². The van der Waals surface area contributed by atoms with Gasteiger partial charge in [-0.25, -0.2) is 4.98 Å². The molecular formula is C11H18ClN3O. The fraction of sp³-hybridized carbons (Fsp3) is 0.455. The SMILES string of the molecule is CCCN(CC)C(=O)c1ccc(N)cn1.Cl. The van der Waals surface area contributed by atoms with Gasteiger partial charge >= 0.3 is 0 Å². The molecule has 5 heteroatoms. The van der Waals surface area contributed by atoms with Crippen molar-refractivity contribution in [3.8, 4) is 0 Å². The second-order valence-electron chi connectivity index (χ2n) is 3.36. The lowest BCUT2D eigenvalue weighted by Gasteiger charge is -2.19. The van der Waals surface area contributed by atoms with Crippen LogP contribution in [0.1, 0.15) is 30.8 Å². The summed E-state index contributed by atoms with van der Waals surface area (Å²) < 4.78 is 0. The molecule has 4 nitrogen and oxygen atoms in total. The number of carbonyl (C=O) groups excluding carboxylic acids is 1. The van der Waals surface area contributed by atoms with E-state index in [1.54, 1.807) is 17.0 Å². The van der Waals surface area contributed by atoms with Gasteiger partial charge in [-0.05, 0) is 25.5 Å². The van der Waals surface area contributed by atoms with Crippen LogP contribution in [-0.2, 0) is 0 Å². The molecule has 0 aliphatic carbocycles. The van der Waals surface area contributed by atoms with Gasteiger partial charge in [-0.15, -0.1) is 12.4 Å². The topological polar surface area (TPSA) is 59.2 Å². The Morgan fingerprint density at radius 1 is 1.44 bits per heavy atom. The van der Waals surface area contributed by atoms with Crippen LogP contribution < -0.4 is 5.73 Å². The molecule has 0 saturated heterocycles. The van der Waals surface area contributed by atoms with E-state index in [1.807, 2.05) is 13.8 Å². The number of hydrogen-bond acceptors (Lipinski definition) is 3. The molecule has 1 amide bonds. The van der Waals surface area contributed by atoms with Crippen LogP contribution in [0.3, 0.4) is 0 Å². The predicted molar refractivity (Wildman–Crippen MR) is 67.8 cm³/mol. The third-order valence-corrected chi connectivity index (χ3v) is 2.17. The second-order valence-corrected chi connectivity index (χ2v) is 3.36. The van der Waals surface area contributed by atoms with Crippen LogP contribution >= 0.6 is 12.4 Å². The van der Waals surface area contributed by atoms with Gasteiger partial charge in [-0.3, -0.25) is 4.79 Å². The fourth-order valence-corrected chi connectivity index (χ4v) is 1.37. The Labute approximate surface area is 102 Å². The first kappa shape index (κ1) is 14.7. The Bertz CT molecular complexity index is 327. The molecule has 0 fully saturated rings. The van der Waals surface area contributed by atoms with E-state index in [2.05, 4.69) is 4.98 Å². The van der Waals surface area contributed by atoms with Crippen LogP contribution in [0, 0.1) is 0 Å². The lowest BCUT2D eigenvalue weighted by Crippen LogP contribution is -2.32. The van der Waals surface area contributed by atoms with Gasteiger partial charge in [-0.2, -0.15) is 0 Å². The summed E-state index contributed by atoms with van der Waals surface area (Å²) in [6, 6.07) is 3.36. The molecule has 1 aromatic rings. The number of nitrogens with two attached hydrogens (primary N) is 1. The van der Waals surface area contributed by atoms with Crippen molar-refractivity contribution in [1.29, 1.82) is 0 Å². The second kappa shape index (κ2) is 7.06. The minimum absolute atomic E-state index is 0. The van der Waals surface area contributed by atoms with E-state index < -0.39 is 0 Å². The zero-order valence-corrected chi connectivity index (χ0v) is 10.5. The van der Waals surface area contributed by atoms with Gasteiger partial charge in [-0.1, -0.05) is 6.92 Å². The first-order chi connectivity index (χ1) is 7.19. The summed E-state index contributed by atoms with van der Waals surface area (Å²) in [6.45, 7) is 5.48. The maximum Gasteiger partial charge on any atom is 0.272 e. The Hall–Kier alpha value is -1.29. The van der Waals surface area contributed by atoms with E-state index in [-0.39, 0.29) is 18.3 Å². The molecule has 0 atom stereocenters. The van der Waals surface area contributed by atoms with E-state index in [1.165, 1.54) is 6.20 Å². The Morgan fingerprint density at radius 3 is 2.56 bits per heavy atom. The first-order valence-electron chi connectivity index (χ1n) is 5.19. The van der Waals surface area contributed by atoms with Crippen molar-refractivity contribution in [2.45, 2.75) is 20.3 Å². The van der Waals surface area contributed by atoms with Crippen molar-refractivity contribution in [1.82, 2.24) is 9.88 Å². The molecule has 1 aromatic heterocycles. The van der Waals surface area contributed by atoms with E-state index in [0.29, 0.717) is 17.9 Å². The lowest BCUT2D eigenvalue weighted by atomic mass is 10.3. The highest BCUT2D eigenvalue weighted by Gasteiger charge is 2.13. The highest BCUT2D eigenvalue weighted by Crippen LogP contribution is 2.05. The van der Waals surface area contributed by atoms with Gasteiger partial charge in [0.1, 0.15) is 5.69 Å². The van der Waals surface area contributed by atoms with Gasteiger partial charge in [0.25, 0.3) is 5.91 Å². The normalized spacial score (nSPS) is 9.38. The standard InChI is InChI=1S/C11H17N3O.ClH/c1-3-7-14(4-2)11(15)10-6-5-9(12)8-13-10;/h5-6,8H,3-4,7,12H2,1-2H3;1H. The van der Waals surface area contributed by atoms with Crippen LogP contribution in [0.2, 0.25) is 0 Å². The third kappa shape index (κ3) is 3.70. The number of hydrogen-bond donors (Lipinski definition) is 1. The number of nitrogen functional groups attached to an aromatic ring is 1. The number of amides is 1. The largest absolute Gasteiger partial charge is 0.397 e. The van der Waals surface area contributed by atoms with Crippen molar-refractivity contribution >= 4 is 24.0 Å². The smallest absolute Gasteiger partial charge is 0.272 e. The van der Waals surface area contributed by atoms with Gasteiger partial charge in [0, 0.05) is 13.1 Å². The quantitative estimate of drug-likeness (QED) is 0.880. The molecule has 2 N–H and O–H groups in total. The van der Waals surface area contributed by atoms with E-state index in [4.69, 9.17) is 5.73 Å². The molecule has 0 aliphatic heterocycles. The zero-order valence-electron chi connectivity index (χ0n) is 9.64. The zero-order chi connectivity index (χ0) is 11.3. The fourth-order valence-electron chi connectivity index (χ4n) is 1.37. The summed E-state index contributed by atoms with van der Waals surface area (Å²) in [5.74, 6) is -0.0284. The van der Waals surface area contributed by atoms with Gasteiger partial charge in [0.2, 0.25) is 0 Å². The molecule has 90 valence electrons. The van der Waals surface area contributed by atoms with E-state index >= 15 is 0 Å². The first-order valence-corrected chi connectivity index (χ1v) is 5.19. The minimum Gasteiger partial charge on any atom is -0.397 e. The number of carbonyl (C=O) groups is 1. The number of aromatic nitrogens is 1. The maximum atomic E-state index is 11.9. The number of halogens is 1. The minimum atomic E-state index is -0.0284. The summed E-state index contributed by atoms with van der Waals surface area (Å²) >= 11 is 0. The van der Waals surface area contributed by atoms with Crippen LogP contribution in [0.4, 0.5) is 5.69 Å². The summed E-state index contributed by atoms with van der Waals surface area (Å²) in [5, 5.41) is 0. The van der Waals surface area contributed by atoms with Gasteiger partial charge < -0.3 is 10.6 Å². The maximum absolute atomic E-state index is 11.9. The molecule has 0 radical (unpaired) electrons. The molecular weight excluding hydrogens is 226 g/mol. The monoisotopic (exact) mass is 243 g/mol. The molecule has 0 aliphatic rings. The molecule has 0 saturated carbocycles. The number of anilines is 1. The molecule has 0 spiro atoms. The molecule has 0 unspecified atom stereocenters. The van der Waals surface area contributed by atoms with Crippen molar-refractivity contribution in [2.24, 2.45) is 0 Å². The van der Waals surface area contributed by atoms with Crippen molar-refractivity contribution in [3.63, 3.8) is 0 Å². The molecule has 1 rings (SSSR count).